The number of methoxy groups -OCH3 is 1. The summed E-state index contributed by atoms with van der Waals surface area (Å²) in [5, 5.41) is 4.00. The predicted octanol–water partition coefficient (Wildman–Crippen LogP) is 3.59. The van der Waals surface area contributed by atoms with E-state index in [2.05, 4.69) is 39.5 Å². The minimum absolute atomic E-state index is 0.161. The van der Waals surface area contributed by atoms with E-state index in [1.165, 1.54) is 7.11 Å². The van der Waals surface area contributed by atoms with Crippen molar-refractivity contribution in [1.29, 1.82) is 0 Å². The zero-order valence-corrected chi connectivity index (χ0v) is 20.8. The van der Waals surface area contributed by atoms with Crippen LogP contribution in [-0.4, -0.2) is 36.4 Å². The summed E-state index contributed by atoms with van der Waals surface area (Å²) < 4.78 is 33.7. The monoisotopic (exact) mass is 485 g/mol. The van der Waals surface area contributed by atoms with Crippen LogP contribution in [0.4, 0.5) is 11.4 Å². The standard InChI is InChI=1S/C23H27N5O3S2/c1-14-12-17(15(2)27(14)3)22-21(19-8-6-7-11-24-19)25-23(32)28(22)16-9-10-18(20(13-16)31-4)26-33(5,29)30/h6-13,21-22,26H,1-5H3,(H,25,32)/t21-,22+/m0/s1. The number of anilines is 2. The summed E-state index contributed by atoms with van der Waals surface area (Å²) in [7, 11) is 0.0999. The minimum Gasteiger partial charge on any atom is -0.494 e. The van der Waals surface area contributed by atoms with E-state index in [4.69, 9.17) is 17.0 Å². The summed E-state index contributed by atoms with van der Waals surface area (Å²) in [6.45, 7) is 4.17. The summed E-state index contributed by atoms with van der Waals surface area (Å²) in [4.78, 5) is 6.63. The van der Waals surface area contributed by atoms with Crippen molar-refractivity contribution >= 4 is 38.7 Å². The number of hydrogen-bond acceptors (Lipinski definition) is 5. The molecule has 3 heterocycles. The summed E-state index contributed by atoms with van der Waals surface area (Å²) in [6, 6.07) is 13.0. The molecule has 2 aromatic heterocycles. The smallest absolute Gasteiger partial charge is 0.229 e. The number of ether oxygens (including phenoxy) is 1. The quantitative estimate of drug-likeness (QED) is 0.516. The molecule has 0 bridgehead atoms. The Morgan fingerprint density at radius 1 is 1.18 bits per heavy atom. The lowest BCUT2D eigenvalue weighted by Crippen LogP contribution is -2.29. The number of hydrogen-bond donors (Lipinski definition) is 2. The van der Waals surface area contributed by atoms with Crippen molar-refractivity contribution in [2.75, 3.05) is 23.0 Å². The Morgan fingerprint density at radius 2 is 1.94 bits per heavy atom. The van der Waals surface area contributed by atoms with Crippen LogP contribution < -0.4 is 19.7 Å². The number of rotatable bonds is 6. The molecular weight excluding hydrogens is 458 g/mol. The summed E-state index contributed by atoms with van der Waals surface area (Å²) in [6.07, 6.45) is 2.88. The summed E-state index contributed by atoms with van der Waals surface area (Å²) >= 11 is 5.79. The summed E-state index contributed by atoms with van der Waals surface area (Å²) in [5.41, 5.74) is 5.45. The molecule has 0 amide bonds. The van der Waals surface area contributed by atoms with Crippen molar-refractivity contribution in [3.05, 3.63) is 71.3 Å². The fraction of sp³-hybridized carbons (Fsp3) is 0.304. The molecule has 1 aliphatic rings. The van der Waals surface area contributed by atoms with Gasteiger partial charge in [-0.2, -0.15) is 0 Å². The van der Waals surface area contributed by atoms with Gasteiger partial charge < -0.3 is 19.5 Å². The molecule has 1 saturated heterocycles. The molecule has 8 nitrogen and oxygen atoms in total. The second-order valence-corrected chi connectivity index (χ2v) is 10.3. The lowest BCUT2D eigenvalue weighted by Gasteiger charge is -2.28. The molecule has 4 rings (SSSR count). The molecule has 3 aromatic rings. The first-order valence-corrected chi connectivity index (χ1v) is 12.7. The molecule has 33 heavy (non-hydrogen) atoms. The van der Waals surface area contributed by atoms with E-state index in [9.17, 15) is 8.42 Å². The Balaban J connectivity index is 1.85. The van der Waals surface area contributed by atoms with Crippen LogP contribution in [0.15, 0.2) is 48.7 Å². The van der Waals surface area contributed by atoms with Gasteiger partial charge in [0, 0.05) is 36.4 Å². The zero-order valence-electron chi connectivity index (χ0n) is 19.2. The van der Waals surface area contributed by atoms with Crippen molar-refractivity contribution in [2.45, 2.75) is 25.9 Å². The van der Waals surface area contributed by atoms with E-state index in [0.717, 1.165) is 34.6 Å². The van der Waals surface area contributed by atoms with Crippen LogP contribution in [0.3, 0.4) is 0 Å². The van der Waals surface area contributed by atoms with Crippen LogP contribution >= 0.6 is 12.2 Å². The molecule has 10 heteroatoms. The highest BCUT2D eigenvalue weighted by atomic mass is 32.2. The van der Waals surface area contributed by atoms with E-state index < -0.39 is 10.0 Å². The average Bonchev–Trinajstić information content (AvgIpc) is 3.24. The van der Waals surface area contributed by atoms with Crippen molar-refractivity contribution in [2.24, 2.45) is 7.05 Å². The van der Waals surface area contributed by atoms with Crippen LogP contribution in [0, 0.1) is 13.8 Å². The van der Waals surface area contributed by atoms with Gasteiger partial charge in [-0.1, -0.05) is 6.07 Å². The van der Waals surface area contributed by atoms with E-state index >= 15 is 0 Å². The fourth-order valence-corrected chi connectivity index (χ4v) is 5.16. The summed E-state index contributed by atoms with van der Waals surface area (Å²) in [5.74, 6) is 0.404. The first kappa shape index (κ1) is 23.1. The van der Waals surface area contributed by atoms with Gasteiger partial charge in [-0.15, -0.1) is 0 Å². The van der Waals surface area contributed by atoms with Gasteiger partial charge in [0.05, 0.1) is 36.8 Å². The van der Waals surface area contributed by atoms with Gasteiger partial charge in [-0.25, -0.2) is 8.42 Å². The molecular formula is C23H27N5O3S2. The highest BCUT2D eigenvalue weighted by Gasteiger charge is 2.42. The Labute approximate surface area is 199 Å². The van der Waals surface area contributed by atoms with Crippen molar-refractivity contribution < 1.29 is 13.2 Å². The average molecular weight is 486 g/mol. The molecule has 2 atom stereocenters. The van der Waals surface area contributed by atoms with E-state index in [1.807, 2.05) is 36.2 Å². The Bertz CT molecular complexity index is 1310. The lowest BCUT2D eigenvalue weighted by molar-refractivity contribution is 0.417. The molecule has 174 valence electrons. The predicted molar refractivity (Wildman–Crippen MR) is 134 cm³/mol. The Kier molecular flexibility index (Phi) is 6.06. The van der Waals surface area contributed by atoms with Gasteiger partial charge in [0.25, 0.3) is 0 Å². The van der Waals surface area contributed by atoms with Crippen molar-refractivity contribution in [1.82, 2.24) is 14.9 Å². The maximum absolute atomic E-state index is 11.8. The molecule has 0 unspecified atom stereocenters. The number of benzene rings is 1. The third-order valence-electron chi connectivity index (χ3n) is 5.99. The number of aryl methyl sites for hydroxylation is 1. The second-order valence-electron chi connectivity index (χ2n) is 8.14. The molecule has 1 aromatic carbocycles. The number of aromatic nitrogens is 2. The van der Waals surface area contributed by atoms with Gasteiger partial charge in [0.2, 0.25) is 10.0 Å². The number of sulfonamides is 1. The van der Waals surface area contributed by atoms with E-state index in [1.54, 1.807) is 18.3 Å². The molecule has 0 radical (unpaired) electrons. The molecule has 1 fully saturated rings. The largest absolute Gasteiger partial charge is 0.494 e. The Hall–Kier alpha value is -3.11. The highest BCUT2D eigenvalue weighted by Crippen LogP contribution is 2.44. The molecule has 0 aliphatic carbocycles. The van der Waals surface area contributed by atoms with Crippen LogP contribution in [0.1, 0.15) is 34.7 Å². The SMILES string of the molecule is COc1cc(N2C(=S)N[C@@H](c3ccccn3)[C@H]2c2cc(C)n(C)c2C)ccc1NS(C)(=O)=O. The first-order valence-electron chi connectivity index (χ1n) is 10.4. The molecule has 0 spiro atoms. The fourth-order valence-electron chi connectivity index (χ4n) is 4.25. The van der Waals surface area contributed by atoms with Crippen molar-refractivity contribution in [3.8, 4) is 5.75 Å². The molecule has 0 saturated carbocycles. The Morgan fingerprint density at radius 3 is 2.52 bits per heavy atom. The van der Waals surface area contributed by atoms with Crippen LogP contribution in [-0.2, 0) is 17.1 Å². The topological polar surface area (TPSA) is 88.5 Å². The number of nitrogens with zero attached hydrogens (tertiary/aromatic N) is 3. The molecule has 1 aliphatic heterocycles. The number of pyridine rings is 1. The minimum atomic E-state index is -3.45. The van der Waals surface area contributed by atoms with Gasteiger partial charge in [-0.3, -0.25) is 9.71 Å². The molecule has 2 N–H and O–H groups in total. The van der Waals surface area contributed by atoms with Crippen LogP contribution in [0.25, 0.3) is 0 Å². The van der Waals surface area contributed by atoms with Crippen molar-refractivity contribution in [3.63, 3.8) is 0 Å². The number of thiocarbonyl (C=S) groups is 1. The van der Waals surface area contributed by atoms with Crippen LogP contribution in [0.2, 0.25) is 0 Å². The zero-order chi connectivity index (χ0) is 23.9. The van der Waals surface area contributed by atoms with E-state index in [0.29, 0.717) is 16.5 Å². The van der Waals surface area contributed by atoms with Gasteiger partial charge in [0.15, 0.2) is 5.11 Å². The third-order valence-corrected chi connectivity index (χ3v) is 6.89. The van der Waals surface area contributed by atoms with Gasteiger partial charge >= 0.3 is 0 Å². The first-order chi connectivity index (χ1) is 15.6. The highest BCUT2D eigenvalue weighted by molar-refractivity contribution is 7.92. The third kappa shape index (κ3) is 4.40. The van der Waals surface area contributed by atoms with Gasteiger partial charge in [-0.05, 0) is 62.0 Å². The normalized spacial score (nSPS) is 18.3. The lowest BCUT2D eigenvalue weighted by atomic mass is 9.96. The second kappa shape index (κ2) is 8.68. The number of nitrogens with one attached hydrogen (secondary N) is 2. The van der Waals surface area contributed by atoms with Crippen LogP contribution in [0.5, 0.6) is 5.75 Å². The van der Waals surface area contributed by atoms with E-state index in [-0.39, 0.29) is 12.1 Å². The van der Waals surface area contributed by atoms with Gasteiger partial charge in [0.1, 0.15) is 5.75 Å². The maximum Gasteiger partial charge on any atom is 0.229 e. The maximum atomic E-state index is 11.8.